The molecule has 0 saturated carbocycles. The molecule has 0 aliphatic rings. The quantitative estimate of drug-likeness (QED) is 0.804. The fourth-order valence-corrected chi connectivity index (χ4v) is 2.59. The van der Waals surface area contributed by atoms with E-state index in [1.54, 1.807) is 25.1 Å². The van der Waals surface area contributed by atoms with Crippen LogP contribution in [0.2, 0.25) is 0 Å². The molecule has 0 bridgehead atoms. The van der Waals surface area contributed by atoms with Crippen molar-refractivity contribution < 1.29 is 13.9 Å². The lowest BCUT2D eigenvalue weighted by Crippen LogP contribution is -2.03. The highest BCUT2D eigenvalue weighted by Gasteiger charge is 2.18. The second-order valence-corrected chi connectivity index (χ2v) is 4.74. The van der Waals surface area contributed by atoms with Crippen LogP contribution in [0.5, 0.6) is 0 Å². The van der Waals surface area contributed by atoms with E-state index < -0.39 is 5.97 Å². The summed E-state index contributed by atoms with van der Waals surface area (Å²) in [6, 6.07) is 9.48. The van der Waals surface area contributed by atoms with E-state index in [-0.39, 0.29) is 22.9 Å². The number of carbonyl (C=O) groups is 1. The summed E-state index contributed by atoms with van der Waals surface area (Å²) < 4.78 is 17.8. The zero-order chi connectivity index (χ0) is 13.8. The van der Waals surface area contributed by atoms with Crippen LogP contribution in [0, 0.1) is 17.1 Å². The number of nitrogens with zero attached hydrogens (tertiary/aromatic N) is 1. The van der Waals surface area contributed by atoms with Crippen molar-refractivity contribution in [2.45, 2.75) is 6.92 Å². The number of esters is 1. The third-order valence-corrected chi connectivity index (χ3v) is 3.61. The van der Waals surface area contributed by atoms with Crippen molar-refractivity contribution >= 4 is 17.3 Å². The van der Waals surface area contributed by atoms with Crippen molar-refractivity contribution in [2.75, 3.05) is 6.61 Å². The molecule has 1 aromatic heterocycles. The number of thiophene rings is 1. The summed E-state index contributed by atoms with van der Waals surface area (Å²) in [4.78, 5) is 12.7. The molecule has 0 saturated heterocycles. The highest BCUT2D eigenvalue weighted by Crippen LogP contribution is 2.31. The van der Waals surface area contributed by atoms with Crippen LogP contribution < -0.4 is 0 Å². The smallest absolute Gasteiger partial charge is 0.349 e. The van der Waals surface area contributed by atoms with Gasteiger partial charge in [0.15, 0.2) is 0 Å². The Bertz CT molecular complexity index is 640. The van der Waals surface area contributed by atoms with E-state index in [9.17, 15) is 9.18 Å². The molecule has 1 aromatic carbocycles. The number of hydrogen-bond acceptors (Lipinski definition) is 4. The number of ether oxygens (including phenoxy) is 1. The number of carbonyl (C=O) groups excluding carboxylic acids is 1. The topological polar surface area (TPSA) is 50.1 Å². The molecule has 0 N–H and O–H groups in total. The van der Waals surface area contributed by atoms with Crippen LogP contribution in [0.4, 0.5) is 4.39 Å². The summed E-state index contributed by atoms with van der Waals surface area (Å²) in [7, 11) is 0. The number of halogens is 1. The van der Waals surface area contributed by atoms with Gasteiger partial charge >= 0.3 is 5.97 Å². The molecule has 0 atom stereocenters. The predicted octanol–water partition coefficient (Wildman–Crippen LogP) is 3.60. The van der Waals surface area contributed by atoms with Crippen LogP contribution in [0.1, 0.15) is 22.2 Å². The molecule has 19 heavy (non-hydrogen) atoms. The summed E-state index contributed by atoms with van der Waals surface area (Å²) in [5.41, 5.74) is 1.04. The van der Waals surface area contributed by atoms with E-state index >= 15 is 0 Å². The summed E-state index contributed by atoms with van der Waals surface area (Å²) >= 11 is 1.17. The van der Waals surface area contributed by atoms with Crippen LogP contribution in [0.3, 0.4) is 0 Å². The fourth-order valence-electron chi connectivity index (χ4n) is 1.58. The second kappa shape index (κ2) is 5.63. The Morgan fingerprint density at radius 2 is 2.11 bits per heavy atom. The Labute approximate surface area is 113 Å². The van der Waals surface area contributed by atoms with Gasteiger partial charge in [-0.1, -0.05) is 12.1 Å². The van der Waals surface area contributed by atoms with Crippen LogP contribution in [0.15, 0.2) is 30.3 Å². The Morgan fingerprint density at radius 3 is 2.68 bits per heavy atom. The molecule has 2 aromatic rings. The van der Waals surface area contributed by atoms with Gasteiger partial charge in [0, 0.05) is 4.88 Å². The van der Waals surface area contributed by atoms with Gasteiger partial charge in [-0.25, -0.2) is 9.18 Å². The number of benzene rings is 1. The van der Waals surface area contributed by atoms with E-state index in [2.05, 4.69) is 0 Å². The van der Waals surface area contributed by atoms with Crippen molar-refractivity contribution in [2.24, 2.45) is 0 Å². The molecule has 0 aliphatic carbocycles. The summed E-state index contributed by atoms with van der Waals surface area (Å²) in [6.45, 7) is 1.96. The second-order valence-electron chi connectivity index (χ2n) is 3.69. The summed E-state index contributed by atoms with van der Waals surface area (Å²) in [5.74, 6) is -0.830. The van der Waals surface area contributed by atoms with Crippen molar-refractivity contribution in [3.05, 3.63) is 46.6 Å². The van der Waals surface area contributed by atoms with Gasteiger partial charge in [0.1, 0.15) is 16.8 Å². The minimum Gasteiger partial charge on any atom is -0.462 e. The predicted molar refractivity (Wildman–Crippen MR) is 70.4 cm³/mol. The van der Waals surface area contributed by atoms with Crippen molar-refractivity contribution in [1.29, 1.82) is 5.26 Å². The Balaban J connectivity index is 2.41. The largest absolute Gasteiger partial charge is 0.462 e. The Hall–Kier alpha value is -2.19. The zero-order valence-electron chi connectivity index (χ0n) is 10.1. The van der Waals surface area contributed by atoms with Crippen LogP contribution in [-0.2, 0) is 4.74 Å². The molecule has 5 heteroatoms. The van der Waals surface area contributed by atoms with Gasteiger partial charge in [-0.15, -0.1) is 11.3 Å². The summed E-state index contributed by atoms with van der Waals surface area (Å²) in [6.07, 6.45) is 0. The van der Waals surface area contributed by atoms with Gasteiger partial charge in [-0.2, -0.15) is 5.26 Å². The van der Waals surface area contributed by atoms with E-state index in [4.69, 9.17) is 10.00 Å². The third kappa shape index (κ3) is 2.80. The molecule has 1 heterocycles. The summed E-state index contributed by atoms with van der Waals surface area (Å²) in [5, 5.41) is 9.03. The molecular weight excluding hydrogens is 265 g/mol. The first-order valence-electron chi connectivity index (χ1n) is 5.62. The minimum absolute atomic E-state index is 0.257. The molecule has 96 valence electrons. The van der Waals surface area contributed by atoms with Crippen molar-refractivity contribution in [3.63, 3.8) is 0 Å². The van der Waals surface area contributed by atoms with Gasteiger partial charge in [0.05, 0.1) is 12.2 Å². The first-order chi connectivity index (χ1) is 9.15. The highest BCUT2D eigenvalue weighted by atomic mass is 32.1. The molecule has 0 radical (unpaired) electrons. The molecule has 2 rings (SSSR count). The lowest BCUT2D eigenvalue weighted by atomic mass is 10.1. The molecule has 0 spiro atoms. The van der Waals surface area contributed by atoms with Gasteiger partial charge in [-0.3, -0.25) is 0 Å². The molecule has 0 aliphatic heterocycles. The van der Waals surface area contributed by atoms with Gasteiger partial charge in [0.2, 0.25) is 0 Å². The van der Waals surface area contributed by atoms with Gasteiger partial charge in [-0.05, 0) is 30.7 Å². The van der Waals surface area contributed by atoms with Crippen LogP contribution in [0.25, 0.3) is 10.4 Å². The molecular formula is C14H10FNO2S. The van der Waals surface area contributed by atoms with Crippen molar-refractivity contribution in [1.82, 2.24) is 0 Å². The van der Waals surface area contributed by atoms with E-state index in [1.165, 1.54) is 23.5 Å². The first kappa shape index (κ1) is 13.2. The standard InChI is InChI=1S/C14H10FNO2S/c1-2-18-14(17)13-10(8-16)7-12(19-13)9-3-5-11(15)6-4-9/h3-7H,2H2,1H3. The Morgan fingerprint density at radius 1 is 1.42 bits per heavy atom. The number of hydrogen-bond donors (Lipinski definition) is 0. The average molecular weight is 275 g/mol. The number of nitriles is 1. The highest BCUT2D eigenvalue weighted by molar-refractivity contribution is 7.17. The maximum Gasteiger partial charge on any atom is 0.349 e. The molecule has 3 nitrogen and oxygen atoms in total. The molecule has 0 unspecified atom stereocenters. The Kier molecular flexibility index (Phi) is 3.93. The van der Waals surface area contributed by atoms with Crippen molar-refractivity contribution in [3.8, 4) is 16.5 Å². The lowest BCUT2D eigenvalue weighted by Gasteiger charge is -1.98. The SMILES string of the molecule is CCOC(=O)c1sc(-c2ccc(F)cc2)cc1C#N. The van der Waals surface area contributed by atoms with Crippen LogP contribution >= 0.6 is 11.3 Å². The van der Waals surface area contributed by atoms with E-state index in [1.807, 2.05) is 6.07 Å². The van der Waals surface area contributed by atoms with E-state index in [0.29, 0.717) is 0 Å². The maximum absolute atomic E-state index is 12.9. The third-order valence-electron chi connectivity index (χ3n) is 2.44. The zero-order valence-corrected chi connectivity index (χ0v) is 11.0. The monoisotopic (exact) mass is 275 g/mol. The average Bonchev–Trinajstić information content (AvgIpc) is 2.84. The fraction of sp³-hybridized carbons (Fsp3) is 0.143. The normalized spacial score (nSPS) is 9.95. The number of rotatable bonds is 3. The molecule has 0 amide bonds. The lowest BCUT2D eigenvalue weighted by molar-refractivity contribution is 0.0532. The van der Waals surface area contributed by atoms with E-state index in [0.717, 1.165) is 10.4 Å². The maximum atomic E-state index is 12.9. The van der Waals surface area contributed by atoms with Gasteiger partial charge in [0.25, 0.3) is 0 Å². The first-order valence-corrected chi connectivity index (χ1v) is 6.44. The molecule has 0 fully saturated rings. The minimum atomic E-state index is -0.502. The van der Waals surface area contributed by atoms with Crippen LogP contribution in [-0.4, -0.2) is 12.6 Å². The van der Waals surface area contributed by atoms with Gasteiger partial charge < -0.3 is 4.74 Å².